The van der Waals surface area contributed by atoms with Crippen LogP contribution in [0.4, 0.5) is 4.39 Å². The first-order valence-electron chi connectivity index (χ1n) is 13.2. The predicted molar refractivity (Wildman–Crippen MR) is 147 cm³/mol. The number of esters is 1. The van der Waals surface area contributed by atoms with Gasteiger partial charge in [-0.3, -0.25) is 4.79 Å². The molecule has 0 bridgehead atoms. The molecule has 0 radical (unpaired) electrons. The van der Waals surface area contributed by atoms with E-state index in [9.17, 15) is 4.79 Å². The van der Waals surface area contributed by atoms with E-state index in [0.717, 1.165) is 51.1 Å². The van der Waals surface area contributed by atoms with Crippen LogP contribution in [-0.2, 0) is 23.0 Å². The van der Waals surface area contributed by atoms with Gasteiger partial charge in [-0.05, 0) is 78.8 Å². The van der Waals surface area contributed by atoms with Crippen LogP contribution in [-0.4, -0.2) is 29.2 Å². The summed E-state index contributed by atoms with van der Waals surface area (Å²) in [4.78, 5) is 16.2. The van der Waals surface area contributed by atoms with Crippen molar-refractivity contribution >= 4 is 5.97 Å². The number of benzene rings is 3. The van der Waals surface area contributed by atoms with E-state index in [-0.39, 0.29) is 24.1 Å². The molecule has 0 fully saturated rings. The van der Waals surface area contributed by atoms with Crippen LogP contribution in [0.5, 0.6) is 11.5 Å². The summed E-state index contributed by atoms with van der Waals surface area (Å²) in [6, 6.07) is 13.4. The van der Waals surface area contributed by atoms with Gasteiger partial charge in [0.1, 0.15) is 23.4 Å². The summed E-state index contributed by atoms with van der Waals surface area (Å²) in [7, 11) is 3.35. The van der Waals surface area contributed by atoms with Gasteiger partial charge in [-0.2, -0.15) is 0 Å². The predicted octanol–water partition coefficient (Wildman–Crippen LogP) is 6.62. The van der Waals surface area contributed by atoms with Gasteiger partial charge in [0.2, 0.25) is 0 Å². The fourth-order valence-corrected chi connectivity index (χ4v) is 6.07. The summed E-state index contributed by atoms with van der Waals surface area (Å²) in [6.07, 6.45) is 5.12. The third-order valence-corrected chi connectivity index (χ3v) is 7.87. The summed E-state index contributed by atoms with van der Waals surface area (Å²) in [5.41, 5.74) is 9.06. The van der Waals surface area contributed by atoms with Gasteiger partial charge >= 0.3 is 5.97 Å². The first-order valence-corrected chi connectivity index (χ1v) is 13.2. The lowest BCUT2D eigenvalue weighted by molar-refractivity contribution is -0.141. The highest BCUT2D eigenvalue weighted by atomic mass is 19.1. The number of aromatic nitrogens is 2. The van der Waals surface area contributed by atoms with Crippen LogP contribution >= 0.6 is 0 Å². The molecule has 6 rings (SSSR count). The lowest BCUT2D eigenvalue weighted by Crippen LogP contribution is -2.09. The maximum Gasteiger partial charge on any atom is 0.306 e. The second kappa shape index (κ2) is 9.88. The van der Waals surface area contributed by atoms with E-state index in [1.165, 1.54) is 7.11 Å². The number of carbonyl (C=O) groups excluding carboxylic acids is 1. The number of hydrogen-bond donors (Lipinski definition) is 0. The zero-order chi connectivity index (χ0) is 27.3. The molecule has 0 saturated heterocycles. The van der Waals surface area contributed by atoms with Crippen molar-refractivity contribution in [3.63, 3.8) is 0 Å². The topological polar surface area (TPSA) is 62.6 Å². The van der Waals surface area contributed by atoms with Crippen molar-refractivity contribution in [3.05, 3.63) is 88.6 Å². The Morgan fingerprint density at radius 1 is 1.15 bits per heavy atom. The molecule has 6 nitrogen and oxygen atoms in total. The first kappa shape index (κ1) is 25.2. The minimum atomic E-state index is -0.390. The van der Waals surface area contributed by atoms with Crippen LogP contribution in [0.3, 0.4) is 0 Å². The van der Waals surface area contributed by atoms with Gasteiger partial charge in [0.15, 0.2) is 0 Å². The molecule has 0 N–H and O–H groups in total. The molecule has 1 aromatic heterocycles. The molecular formula is C32H31FN2O4. The molecule has 3 aromatic carbocycles. The Labute approximate surface area is 227 Å². The van der Waals surface area contributed by atoms with Crippen LogP contribution < -0.4 is 9.47 Å². The van der Waals surface area contributed by atoms with Crippen molar-refractivity contribution in [2.45, 2.75) is 45.1 Å². The molecule has 200 valence electrons. The molecule has 0 spiro atoms. The third-order valence-electron chi connectivity index (χ3n) is 7.87. The molecule has 2 heterocycles. The molecule has 0 saturated carbocycles. The minimum absolute atomic E-state index is 0.0377. The number of fused-ring (bicyclic) bond motifs is 2. The first-order chi connectivity index (χ1) is 18.8. The Hall–Kier alpha value is -4.13. The van der Waals surface area contributed by atoms with Crippen molar-refractivity contribution in [1.29, 1.82) is 0 Å². The molecule has 2 atom stereocenters. The Balaban J connectivity index is 1.29. The van der Waals surface area contributed by atoms with Crippen molar-refractivity contribution in [2.75, 3.05) is 13.7 Å². The summed E-state index contributed by atoms with van der Waals surface area (Å²) < 4.78 is 34.2. The van der Waals surface area contributed by atoms with Crippen LogP contribution in [0.2, 0.25) is 0 Å². The number of aryl methyl sites for hydroxylation is 3. The van der Waals surface area contributed by atoms with Gasteiger partial charge in [0, 0.05) is 41.9 Å². The average Bonchev–Trinajstić information content (AvgIpc) is 3.64. The fourth-order valence-electron chi connectivity index (χ4n) is 6.07. The largest absolute Gasteiger partial charge is 0.492 e. The SMILES string of the molecule is COC(=O)CC1COc2cc(OC3CCc4c(-c5c(C)cc(-c6cn(C)cn6)cc5C)ccc(F)c43)ccc21. The molecule has 2 aliphatic rings. The van der Waals surface area contributed by atoms with Gasteiger partial charge < -0.3 is 18.8 Å². The zero-order valence-corrected chi connectivity index (χ0v) is 22.6. The number of methoxy groups -OCH3 is 1. The number of ether oxygens (including phenoxy) is 3. The van der Waals surface area contributed by atoms with E-state index in [4.69, 9.17) is 14.2 Å². The number of imidazole rings is 1. The number of rotatable bonds is 6. The molecule has 0 amide bonds. The fraction of sp³-hybridized carbons (Fsp3) is 0.312. The molecule has 4 aromatic rings. The Morgan fingerprint density at radius 2 is 1.95 bits per heavy atom. The van der Waals surface area contributed by atoms with E-state index in [1.54, 1.807) is 12.4 Å². The van der Waals surface area contributed by atoms with Crippen LogP contribution in [0.15, 0.2) is 55.0 Å². The summed E-state index contributed by atoms with van der Waals surface area (Å²) in [5, 5.41) is 0. The third kappa shape index (κ3) is 4.56. The quantitative estimate of drug-likeness (QED) is 0.265. The molecule has 7 heteroatoms. The Kier molecular flexibility index (Phi) is 6.37. The normalized spacial score (nSPS) is 17.5. The summed E-state index contributed by atoms with van der Waals surface area (Å²) in [5.74, 6) is 0.786. The standard InChI is InChI=1S/C32H31FN2O4/c1-18-11-20(27-15-35(3)17-34-27)12-19(2)31(18)24-7-9-26(33)32-25(24)8-10-28(32)39-22-5-6-23-21(13-30(36)37-4)16-38-29(23)14-22/h5-7,9,11-12,14-15,17,21,28H,8,10,13,16H2,1-4H3. The van der Waals surface area contributed by atoms with Gasteiger partial charge in [0.05, 0.1) is 32.2 Å². The van der Waals surface area contributed by atoms with Gasteiger partial charge in [-0.15, -0.1) is 0 Å². The second-order valence-corrected chi connectivity index (χ2v) is 10.5. The van der Waals surface area contributed by atoms with Crippen molar-refractivity contribution in [1.82, 2.24) is 9.55 Å². The zero-order valence-electron chi connectivity index (χ0n) is 22.6. The van der Waals surface area contributed by atoms with E-state index in [2.05, 4.69) is 31.0 Å². The number of hydrogen-bond acceptors (Lipinski definition) is 5. The molecule has 1 aliphatic heterocycles. The van der Waals surface area contributed by atoms with Crippen LogP contribution in [0, 0.1) is 19.7 Å². The van der Waals surface area contributed by atoms with Crippen LogP contribution in [0.1, 0.15) is 52.7 Å². The number of nitrogens with zero attached hydrogens (tertiary/aromatic N) is 2. The van der Waals surface area contributed by atoms with E-state index < -0.39 is 6.10 Å². The number of carbonyl (C=O) groups is 1. The van der Waals surface area contributed by atoms with Crippen molar-refractivity contribution < 1.29 is 23.4 Å². The highest BCUT2D eigenvalue weighted by Crippen LogP contribution is 2.45. The smallest absolute Gasteiger partial charge is 0.306 e. The average molecular weight is 527 g/mol. The van der Waals surface area contributed by atoms with E-state index in [1.807, 2.05) is 42.1 Å². The summed E-state index contributed by atoms with van der Waals surface area (Å²) in [6.45, 7) is 4.63. The summed E-state index contributed by atoms with van der Waals surface area (Å²) >= 11 is 0. The number of halogens is 1. The van der Waals surface area contributed by atoms with E-state index >= 15 is 4.39 Å². The van der Waals surface area contributed by atoms with E-state index in [0.29, 0.717) is 30.1 Å². The van der Waals surface area contributed by atoms with Gasteiger partial charge in [-0.1, -0.05) is 12.1 Å². The molecule has 2 unspecified atom stereocenters. The maximum atomic E-state index is 15.3. The lowest BCUT2D eigenvalue weighted by atomic mass is 9.88. The Morgan fingerprint density at radius 3 is 2.67 bits per heavy atom. The second-order valence-electron chi connectivity index (χ2n) is 10.5. The Bertz CT molecular complexity index is 1570. The van der Waals surface area contributed by atoms with Crippen molar-refractivity contribution in [3.8, 4) is 33.9 Å². The monoisotopic (exact) mass is 526 g/mol. The molecule has 39 heavy (non-hydrogen) atoms. The molecule has 1 aliphatic carbocycles. The minimum Gasteiger partial charge on any atom is -0.492 e. The highest BCUT2D eigenvalue weighted by Gasteiger charge is 2.32. The highest BCUT2D eigenvalue weighted by molar-refractivity contribution is 5.79. The molecular weight excluding hydrogens is 495 g/mol. The van der Waals surface area contributed by atoms with Gasteiger partial charge in [-0.25, -0.2) is 9.37 Å². The van der Waals surface area contributed by atoms with Crippen molar-refractivity contribution in [2.24, 2.45) is 7.05 Å². The van der Waals surface area contributed by atoms with Crippen LogP contribution in [0.25, 0.3) is 22.4 Å². The lowest BCUT2D eigenvalue weighted by Gasteiger charge is -2.19. The van der Waals surface area contributed by atoms with Gasteiger partial charge in [0.25, 0.3) is 0 Å². The maximum absolute atomic E-state index is 15.3.